The first-order valence-corrected chi connectivity index (χ1v) is 9.86. The summed E-state index contributed by atoms with van der Waals surface area (Å²) >= 11 is 0. The van der Waals surface area contributed by atoms with Crippen molar-refractivity contribution in [1.82, 2.24) is 9.62 Å². The zero-order valence-corrected chi connectivity index (χ0v) is 16.1. The lowest BCUT2D eigenvalue weighted by Crippen LogP contribution is -2.28. The van der Waals surface area contributed by atoms with Crippen LogP contribution in [0.4, 0.5) is 5.69 Å². The first kappa shape index (κ1) is 20.8. The number of nitro benzene ring substituents is 1. The smallest absolute Gasteiger partial charge is 0.271 e. The van der Waals surface area contributed by atoms with Gasteiger partial charge in [0.05, 0.1) is 12.0 Å². The second-order valence-electron chi connectivity index (χ2n) is 6.07. The van der Waals surface area contributed by atoms with E-state index in [4.69, 9.17) is 4.74 Å². The molecule has 0 aromatic heterocycles. The fourth-order valence-electron chi connectivity index (χ4n) is 2.60. The van der Waals surface area contributed by atoms with Crippen LogP contribution in [0.3, 0.4) is 0 Å². The molecule has 0 aliphatic carbocycles. The van der Waals surface area contributed by atoms with E-state index in [1.807, 2.05) is 37.4 Å². The van der Waals surface area contributed by atoms with E-state index in [1.54, 1.807) is 0 Å². The molecule has 146 valence electrons. The van der Waals surface area contributed by atoms with Crippen LogP contribution in [-0.4, -0.2) is 45.5 Å². The van der Waals surface area contributed by atoms with Gasteiger partial charge in [-0.3, -0.25) is 10.1 Å². The molecule has 0 saturated heterocycles. The summed E-state index contributed by atoms with van der Waals surface area (Å²) in [6.45, 7) is 1.68. The van der Waals surface area contributed by atoms with E-state index in [0.29, 0.717) is 13.0 Å². The van der Waals surface area contributed by atoms with Gasteiger partial charge in [0.15, 0.2) is 0 Å². The number of methoxy groups -OCH3 is 1. The predicted molar refractivity (Wildman–Crippen MR) is 102 cm³/mol. The second-order valence-corrected chi connectivity index (χ2v) is 7.80. The SMILES string of the molecule is COc1ccc([N+](=O)[O-])cc1S(=O)(=O)NCCCN(C)Cc1ccccc1. The first-order chi connectivity index (χ1) is 12.8. The van der Waals surface area contributed by atoms with Gasteiger partial charge in [0.25, 0.3) is 5.69 Å². The summed E-state index contributed by atoms with van der Waals surface area (Å²) in [6.07, 6.45) is 0.597. The van der Waals surface area contributed by atoms with Crippen LogP contribution >= 0.6 is 0 Å². The minimum atomic E-state index is -3.91. The van der Waals surface area contributed by atoms with Crippen molar-refractivity contribution in [3.05, 3.63) is 64.2 Å². The maximum Gasteiger partial charge on any atom is 0.271 e. The Balaban J connectivity index is 1.93. The largest absolute Gasteiger partial charge is 0.495 e. The Kier molecular flexibility index (Phi) is 7.28. The van der Waals surface area contributed by atoms with Gasteiger partial charge in [0, 0.05) is 25.2 Å². The average molecular weight is 393 g/mol. The molecule has 27 heavy (non-hydrogen) atoms. The molecule has 0 fully saturated rings. The molecule has 0 aliphatic heterocycles. The van der Waals surface area contributed by atoms with Gasteiger partial charge in [0.1, 0.15) is 10.6 Å². The van der Waals surface area contributed by atoms with E-state index in [1.165, 1.54) is 24.8 Å². The van der Waals surface area contributed by atoms with E-state index >= 15 is 0 Å². The monoisotopic (exact) mass is 393 g/mol. The lowest BCUT2D eigenvalue weighted by atomic mass is 10.2. The van der Waals surface area contributed by atoms with Crippen LogP contribution in [0.1, 0.15) is 12.0 Å². The van der Waals surface area contributed by atoms with Crippen LogP contribution in [0.5, 0.6) is 5.75 Å². The highest BCUT2D eigenvalue weighted by molar-refractivity contribution is 7.89. The topological polar surface area (TPSA) is 102 Å². The fourth-order valence-corrected chi connectivity index (χ4v) is 3.86. The molecule has 0 spiro atoms. The molecular weight excluding hydrogens is 370 g/mol. The number of rotatable bonds is 10. The van der Waals surface area contributed by atoms with Crippen LogP contribution in [-0.2, 0) is 16.6 Å². The van der Waals surface area contributed by atoms with Gasteiger partial charge in [-0.05, 0) is 31.6 Å². The molecule has 0 aliphatic rings. The molecular formula is C18H23N3O5S. The Morgan fingerprint density at radius 1 is 1.19 bits per heavy atom. The molecule has 1 N–H and O–H groups in total. The zero-order chi connectivity index (χ0) is 19.9. The second kappa shape index (κ2) is 9.45. The maximum absolute atomic E-state index is 12.5. The van der Waals surface area contributed by atoms with Gasteiger partial charge in [-0.25, -0.2) is 13.1 Å². The van der Waals surface area contributed by atoms with Gasteiger partial charge in [0.2, 0.25) is 10.0 Å². The van der Waals surface area contributed by atoms with E-state index in [0.717, 1.165) is 12.6 Å². The van der Waals surface area contributed by atoms with Crippen LogP contribution in [0.2, 0.25) is 0 Å². The minimum Gasteiger partial charge on any atom is -0.495 e. The van der Waals surface area contributed by atoms with E-state index in [9.17, 15) is 18.5 Å². The average Bonchev–Trinajstić information content (AvgIpc) is 2.65. The van der Waals surface area contributed by atoms with Crippen molar-refractivity contribution in [2.24, 2.45) is 0 Å². The Bertz CT molecular complexity index is 872. The lowest BCUT2D eigenvalue weighted by molar-refractivity contribution is -0.385. The maximum atomic E-state index is 12.5. The third-order valence-electron chi connectivity index (χ3n) is 3.95. The van der Waals surface area contributed by atoms with E-state index in [-0.39, 0.29) is 22.9 Å². The number of nitrogens with one attached hydrogen (secondary N) is 1. The summed E-state index contributed by atoms with van der Waals surface area (Å²) < 4.78 is 32.5. The third-order valence-corrected chi connectivity index (χ3v) is 5.43. The standard InChI is InChI=1S/C18H23N3O5S/c1-20(14-15-7-4-3-5-8-15)12-6-11-19-27(24,25)18-13-16(21(22)23)9-10-17(18)26-2/h3-5,7-10,13,19H,6,11-12,14H2,1-2H3. The fraction of sp³-hybridized carbons (Fsp3) is 0.333. The van der Waals surface area contributed by atoms with E-state index < -0.39 is 14.9 Å². The highest BCUT2D eigenvalue weighted by Crippen LogP contribution is 2.27. The number of ether oxygens (including phenoxy) is 1. The number of nitrogens with zero attached hydrogens (tertiary/aromatic N) is 2. The number of sulfonamides is 1. The molecule has 0 radical (unpaired) electrons. The highest BCUT2D eigenvalue weighted by atomic mass is 32.2. The molecule has 2 rings (SSSR count). The number of non-ortho nitro benzene ring substituents is 1. The zero-order valence-electron chi connectivity index (χ0n) is 15.3. The summed E-state index contributed by atoms with van der Waals surface area (Å²) in [5, 5.41) is 10.9. The molecule has 0 atom stereocenters. The van der Waals surface area contributed by atoms with Gasteiger partial charge >= 0.3 is 0 Å². The Hall–Kier alpha value is -2.49. The van der Waals surface area contributed by atoms with Crippen molar-refractivity contribution in [1.29, 1.82) is 0 Å². The first-order valence-electron chi connectivity index (χ1n) is 8.38. The van der Waals surface area contributed by atoms with Gasteiger partial charge in [-0.15, -0.1) is 0 Å². The minimum absolute atomic E-state index is 0.0642. The van der Waals surface area contributed by atoms with Crippen molar-refractivity contribution in [2.45, 2.75) is 17.9 Å². The van der Waals surface area contributed by atoms with Crippen LogP contribution < -0.4 is 9.46 Å². The van der Waals surface area contributed by atoms with Crippen molar-refractivity contribution < 1.29 is 18.1 Å². The van der Waals surface area contributed by atoms with Crippen molar-refractivity contribution >= 4 is 15.7 Å². The molecule has 2 aromatic rings. The summed E-state index contributed by atoms with van der Waals surface area (Å²) in [7, 11) is -0.632. The molecule has 9 heteroatoms. The Labute approximate surface area is 159 Å². The molecule has 0 saturated carbocycles. The molecule has 0 amide bonds. The third kappa shape index (κ3) is 6.02. The van der Waals surface area contributed by atoms with Gasteiger partial charge in [-0.2, -0.15) is 0 Å². The van der Waals surface area contributed by atoms with E-state index in [2.05, 4.69) is 9.62 Å². The molecule has 0 unspecified atom stereocenters. The normalized spacial score (nSPS) is 11.5. The lowest BCUT2D eigenvalue weighted by Gasteiger charge is -2.17. The number of nitro groups is 1. The predicted octanol–water partition coefficient (Wildman–Crippen LogP) is 2.40. The van der Waals surface area contributed by atoms with Crippen molar-refractivity contribution in [2.75, 3.05) is 27.2 Å². The number of benzene rings is 2. The van der Waals surface area contributed by atoms with Crippen LogP contribution in [0.15, 0.2) is 53.4 Å². The molecule has 8 nitrogen and oxygen atoms in total. The Morgan fingerprint density at radius 2 is 1.89 bits per heavy atom. The molecule has 0 heterocycles. The number of hydrogen-bond donors (Lipinski definition) is 1. The molecule has 0 bridgehead atoms. The molecule has 2 aromatic carbocycles. The Morgan fingerprint density at radius 3 is 2.52 bits per heavy atom. The van der Waals surface area contributed by atoms with Crippen LogP contribution in [0.25, 0.3) is 0 Å². The number of hydrogen-bond acceptors (Lipinski definition) is 6. The van der Waals surface area contributed by atoms with Crippen molar-refractivity contribution in [3.8, 4) is 5.75 Å². The summed E-state index contributed by atoms with van der Waals surface area (Å²) in [5.74, 6) is 0.0642. The van der Waals surface area contributed by atoms with Gasteiger partial charge in [-0.1, -0.05) is 30.3 Å². The van der Waals surface area contributed by atoms with Gasteiger partial charge < -0.3 is 9.64 Å². The summed E-state index contributed by atoms with van der Waals surface area (Å²) in [6, 6.07) is 13.5. The quantitative estimate of drug-likeness (QED) is 0.378. The summed E-state index contributed by atoms with van der Waals surface area (Å²) in [5.41, 5.74) is 0.876. The summed E-state index contributed by atoms with van der Waals surface area (Å²) in [4.78, 5) is 12.1. The van der Waals surface area contributed by atoms with Crippen LogP contribution in [0, 0.1) is 10.1 Å². The van der Waals surface area contributed by atoms with Crippen molar-refractivity contribution in [3.63, 3.8) is 0 Å². The highest BCUT2D eigenvalue weighted by Gasteiger charge is 2.22.